The van der Waals surface area contributed by atoms with Gasteiger partial charge in [-0.25, -0.2) is 9.10 Å². The van der Waals surface area contributed by atoms with Gasteiger partial charge in [-0.05, 0) is 32.9 Å². The minimum Gasteiger partial charge on any atom is -0.444 e. The Bertz CT molecular complexity index is 316. The highest BCUT2D eigenvalue weighted by Crippen LogP contribution is 2.39. The van der Waals surface area contributed by atoms with E-state index in [1.165, 1.54) is 0 Å². The lowest BCUT2D eigenvalue weighted by Crippen LogP contribution is -2.48. The number of rotatable bonds is 1. The number of fused-ring (bicyclic) bond motifs is 2. The first-order chi connectivity index (χ1) is 7.83. The molecule has 2 heterocycles. The van der Waals surface area contributed by atoms with Gasteiger partial charge in [-0.1, -0.05) is 18.9 Å². The van der Waals surface area contributed by atoms with Gasteiger partial charge in [0, 0.05) is 19.1 Å². The fourth-order valence-electron chi connectivity index (χ4n) is 2.72. The number of piperazine rings is 1. The number of carbonyl (C=O) groups is 1. The molecule has 2 rings (SSSR count). The van der Waals surface area contributed by atoms with Gasteiger partial charge >= 0.3 is 6.09 Å². The monoisotopic (exact) mass is 258 g/mol. The molecule has 0 saturated carbocycles. The van der Waals surface area contributed by atoms with Crippen molar-refractivity contribution in [2.75, 3.05) is 19.3 Å². The summed E-state index contributed by atoms with van der Waals surface area (Å²) in [5, 5.41) is 0. The molecule has 3 unspecified atom stereocenters. The predicted octanol–water partition coefficient (Wildman–Crippen LogP) is 2.20. The normalized spacial score (nSPS) is 33.2. The van der Waals surface area contributed by atoms with E-state index < -0.39 is 5.60 Å². The van der Waals surface area contributed by atoms with Crippen LogP contribution in [0.15, 0.2) is 0 Å². The summed E-state index contributed by atoms with van der Waals surface area (Å²) in [6.07, 6.45) is 1.95. The minimum atomic E-state index is -0.401. The molecule has 17 heavy (non-hydrogen) atoms. The molecular weight excluding hydrogens is 236 g/mol. The second-order valence-electron chi connectivity index (χ2n) is 5.91. The minimum absolute atomic E-state index is 0.155. The maximum atomic E-state index is 12.1. The molecule has 98 valence electrons. The maximum absolute atomic E-state index is 12.1. The summed E-state index contributed by atoms with van der Waals surface area (Å²) in [5.41, 5.74) is -0.401. The number of hydrogen-bond acceptors (Lipinski definition) is 4. The Morgan fingerprint density at radius 1 is 1.29 bits per heavy atom. The van der Waals surface area contributed by atoms with Crippen molar-refractivity contribution in [3.05, 3.63) is 0 Å². The van der Waals surface area contributed by atoms with Crippen LogP contribution >= 0.6 is 11.9 Å². The summed E-state index contributed by atoms with van der Waals surface area (Å²) in [6.45, 7) is 9.74. The summed E-state index contributed by atoms with van der Waals surface area (Å²) in [5.74, 6) is 0.551. The van der Waals surface area contributed by atoms with Crippen LogP contribution in [0.2, 0.25) is 0 Å². The van der Waals surface area contributed by atoms with Gasteiger partial charge in [0.1, 0.15) is 5.60 Å². The van der Waals surface area contributed by atoms with E-state index in [9.17, 15) is 4.79 Å². The molecule has 0 aromatic carbocycles. The summed E-state index contributed by atoms with van der Waals surface area (Å²) < 4.78 is 7.84. The molecule has 2 fully saturated rings. The average Bonchev–Trinajstić information content (AvgIpc) is 2.68. The Kier molecular flexibility index (Phi) is 3.34. The van der Waals surface area contributed by atoms with Crippen molar-refractivity contribution in [2.45, 2.75) is 45.4 Å². The van der Waals surface area contributed by atoms with Crippen molar-refractivity contribution in [3.63, 3.8) is 0 Å². The molecule has 2 saturated heterocycles. The van der Waals surface area contributed by atoms with Crippen LogP contribution in [-0.2, 0) is 4.74 Å². The Hall–Kier alpha value is -0.420. The largest absolute Gasteiger partial charge is 0.444 e. The van der Waals surface area contributed by atoms with Crippen LogP contribution in [0.5, 0.6) is 0 Å². The van der Waals surface area contributed by atoms with E-state index in [2.05, 4.69) is 17.5 Å². The Labute approximate surface area is 108 Å². The van der Waals surface area contributed by atoms with E-state index in [1.807, 2.05) is 25.7 Å². The standard InChI is InChI=1S/C12H22N2O2S/c1-8-9-7-14(17-5)10(8)6-13(9)11(15)16-12(2,3)4/h8-10H,6-7H2,1-5H3. The first kappa shape index (κ1) is 13.0. The fraction of sp³-hybridized carbons (Fsp3) is 0.917. The second kappa shape index (κ2) is 4.35. The molecule has 0 spiro atoms. The molecule has 0 aliphatic carbocycles. The van der Waals surface area contributed by atoms with Crippen molar-refractivity contribution in [3.8, 4) is 0 Å². The van der Waals surface area contributed by atoms with Crippen LogP contribution < -0.4 is 0 Å². The molecule has 3 atom stereocenters. The molecule has 2 aliphatic heterocycles. The van der Waals surface area contributed by atoms with Gasteiger partial charge in [0.05, 0.1) is 6.04 Å². The number of amides is 1. The number of hydrogen-bond donors (Lipinski definition) is 0. The van der Waals surface area contributed by atoms with Gasteiger partial charge in [-0.3, -0.25) is 0 Å². The topological polar surface area (TPSA) is 32.8 Å². The van der Waals surface area contributed by atoms with Crippen LogP contribution in [0.1, 0.15) is 27.7 Å². The quantitative estimate of drug-likeness (QED) is 0.675. The molecule has 0 aromatic rings. The molecule has 2 bridgehead atoms. The lowest BCUT2D eigenvalue weighted by atomic mass is 10.0. The highest BCUT2D eigenvalue weighted by Gasteiger charge is 2.51. The zero-order valence-corrected chi connectivity index (χ0v) is 12.1. The van der Waals surface area contributed by atoms with Crippen molar-refractivity contribution in [1.29, 1.82) is 0 Å². The average molecular weight is 258 g/mol. The molecule has 0 N–H and O–H groups in total. The van der Waals surface area contributed by atoms with Crippen molar-refractivity contribution in [1.82, 2.24) is 9.21 Å². The summed E-state index contributed by atoms with van der Waals surface area (Å²) in [6, 6.07) is 0.810. The fourth-order valence-corrected chi connectivity index (χ4v) is 3.55. The zero-order chi connectivity index (χ0) is 12.8. The van der Waals surface area contributed by atoms with E-state index in [-0.39, 0.29) is 6.09 Å². The van der Waals surface area contributed by atoms with Gasteiger partial charge in [0.15, 0.2) is 0 Å². The highest BCUT2D eigenvalue weighted by atomic mass is 32.2. The Morgan fingerprint density at radius 2 is 1.94 bits per heavy atom. The molecule has 1 amide bonds. The van der Waals surface area contributed by atoms with E-state index in [1.54, 1.807) is 11.9 Å². The maximum Gasteiger partial charge on any atom is 0.410 e. The van der Waals surface area contributed by atoms with Gasteiger partial charge in [0.25, 0.3) is 0 Å². The first-order valence-electron chi connectivity index (χ1n) is 6.14. The molecule has 2 aliphatic rings. The third-order valence-electron chi connectivity index (χ3n) is 3.60. The van der Waals surface area contributed by atoms with Crippen molar-refractivity contribution < 1.29 is 9.53 Å². The van der Waals surface area contributed by atoms with E-state index >= 15 is 0 Å². The molecule has 0 aromatic heterocycles. The van der Waals surface area contributed by atoms with Crippen LogP contribution in [0.4, 0.5) is 4.79 Å². The summed E-state index contributed by atoms with van der Waals surface area (Å²) >= 11 is 1.78. The van der Waals surface area contributed by atoms with Crippen LogP contribution in [-0.4, -0.2) is 52.3 Å². The zero-order valence-electron chi connectivity index (χ0n) is 11.3. The lowest BCUT2D eigenvalue weighted by Gasteiger charge is -2.33. The predicted molar refractivity (Wildman–Crippen MR) is 69.9 cm³/mol. The lowest BCUT2D eigenvalue weighted by molar-refractivity contribution is 0.0170. The van der Waals surface area contributed by atoms with Gasteiger partial charge in [-0.2, -0.15) is 0 Å². The first-order valence-corrected chi connectivity index (χ1v) is 7.32. The summed E-state index contributed by atoms with van der Waals surface area (Å²) in [7, 11) is 0. The third-order valence-corrected chi connectivity index (χ3v) is 4.49. The smallest absolute Gasteiger partial charge is 0.410 e. The Balaban J connectivity index is 2.01. The second-order valence-corrected chi connectivity index (χ2v) is 6.74. The number of ether oxygens (including phenoxy) is 1. The van der Waals surface area contributed by atoms with Gasteiger partial charge in [0.2, 0.25) is 0 Å². The van der Waals surface area contributed by atoms with Gasteiger partial charge in [-0.15, -0.1) is 0 Å². The molecule has 0 radical (unpaired) electrons. The number of nitrogens with zero attached hydrogens (tertiary/aromatic N) is 2. The highest BCUT2D eigenvalue weighted by molar-refractivity contribution is 7.96. The number of carbonyl (C=O) groups excluding carboxylic acids is 1. The van der Waals surface area contributed by atoms with Crippen LogP contribution in [0.3, 0.4) is 0 Å². The molecule has 5 heteroatoms. The Morgan fingerprint density at radius 3 is 2.35 bits per heavy atom. The van der Waals surface area contributed by atoms with E-state index in [0.717, 1.165) is 13.1 Å². The van der Waals surface area contributed by atoms with Crippen molar-refractivity contribution in [2.24, 2.45) is 5.92 Å². The van der Waals surface area contributed by atoms with Crippen LogP contribution in [0, 0.1) is 5.92 Å². The van der Waals surface area contributed by atoms with Gasteiger partial charge < -0.3 is 9.64 Å². The van der Waals surface area contributed by atoms with E-state index in [0.29, 0.717) is 18.0 Å². The van der Waals surface area contributed by atoms with Crippen molar-refractivity contribution >= 4 is 18.0 Å². The molecule has 4 nitrogen and oxygen atoms in total. The third kappa shape index (κ3) is 2.40. The molecular formula is C12H22N2O2S. The SMILES string of the molecule is CSN1CC2C(C)C1CN2C(=O)OC(C)(C)C. The van der Waals surface area contributed by atoms with Crippen LogP contribution in [0.25, 0.3) is 0 Å². The number of likely N-dealkylation sites (tertiary alicyclic amines) is 1. The summed E-state index contributed by atoms with van der Waals surface area (Å²) in [4.78, 5) is 14.0. The van der Waals surface area contributed by atoms with E-state index in [4.69, 9.17) is 4.74 Å².